The van der Waals surface area contributed by atoms with E-state index in [1.54, 1.807) is 0 Å². The van der Waals surface area contributed by atoms with Gasteiger partial charge >= 0.3 is 0 Å². The van der Waals surface area contributed by atoms with Crippen molar-refractivity contribution in [3.63, 3.8) is 0 Å². The van der Waals surface area contributed by atoms with Gasteiger partial charge in [-0.05, 0) is 56.7 Å². The molecule has 1 aromatic heterocycles. The maximum atomic E-state index is 5.48. The smallest absolute Gasteiger partial charge is 0.119 e. The van der Waals surface area contributed by atoms with E-state index < -0.39 is 0 Å². The zero-order chi connectivity index (χ0) is 15.5. The number of nitrogens with one attached hydrogen (secondary N) is 1. The highest BCUT2D eigenvalue weighted by molar-refractivity contribution is 5.94. The lowest BCUT2D eigenvalue weighted by atomic mass is 10.1. The van der Waals surface area contributed by atoms with Crippen molar-refractivity contribution in [1.29, 1.82) is 0 Å². The predicted octanol–water partition coefficient (Wildman–Crippen LogP) is 5.42. The topological polar surface area (TPSA) is 34.1 Å². The van der Waals surface area contributed by atoms with Crippen LogP contribution < -0.4 is 10.1 Å². The summed E-state index contributed by atoms with van der Waals surface area (Å²) in [4.78, 5) is 4.66. The van der Waals surface area contributed by atoms with Gasteiger partial charge in [-0.2, -0.15) is 0 Å². The molecule has 1 N–H and O–H groups in total. The number of hydrogen-bond acceptors (Lipinski definition) is 3. The molecule has 3 aromatic rings. The Kier molecular flexibility index (Phi) is 5.45. The van der Waals surface area contributed by atoms with Gasteiger partial charge in [0.2, 0.25) is 0 Å². The van der Waals surface area contributed by atoms with Crippen molar-refractivity contribution in [2.75, 3.05) is 11.9 Å². The molecule has 4 heteroatoms. The molecule has 0 aliphatic rings. The van der Waals surface area contributed by atoms with Crippen LogP contribution in [0.25, 0.3) is 10.9 Å². The average Bonchev–Trinajstić information content (AvgIpc) is 2.51. The van der Waals surface area contributed by atoms with Gasteiger partial charge in [0.15, 0.2) is 0 Å². The normalized spacial score (nSPS) is 10.2. The van der Waals surface area contributed by atoms with Gasteiger partial charge in [-0.15, -0.1) is 12.4 Å². The fourth-order valence-corrected chi connectivity index (χ4v) is 2.58. The first kappa shape index (κ1) is 17.1. The molecule has 0 saturated carbocycles. The van der Waals surface area contributed by atoms with E-state index in [0.717, 1.165) is 33.7 Å². The molecule has 0 fully saturated rings. The predicted molar refractivity (Wildman–Crippen MR) is 99.4 cm³/mol. The summed E-state index contributed by atoms with van der Waals surface area (Å²) >= 11 is 0. The third-order valence-corrected chi connectivity index (χ3v) is 3.61. The van der Waals surface area contributed by atoms with Crippen LogP contribution in [0.5, 0.6) is 5.75 Å². The third kappa shape index (κ3) is 3.74. The number of hydrogen-bond donors (Lipinski definition) is 1. The molecular formula is C19H21ClN2O. The van der Waals surface area contributed by atoms with Crippen LogP contribution in [0.15, 0.2) is 48.5 Å². The lowest BCUT2D eigenvalue weighted by Gasteiger charge is -2.12. The molecule has 0 bridgehead atoms. The van der Waals surface area contributed by atoms with Crippen LogP contribution in [0.3, 0.4) is 0 Å². The van der Waals surface area contributed by atoms with Crippen molar-refractivity contribution in [3.05, 3.63) is 59.8 Å². The molecule has 3 nitrogen and oxygen atoms in total. The summed E-state index contributed by atoms with van der Waals surface area (Å²) in [6.07, 6.45) is 0. The summed E-state index contributed by atoms with van der Waals surface area (Å²) in [5.41, 5.74) is 5.37. The number of rotatable bonds is 4. The van der Waals surface area contributed by atoms with Gasteiger partial charge in [0, 0.05) is 22.5 Å². The number of aromatic nitrogens is 1. The number of halogens is 1. The highest BCUT2D eigenvalue weighted by Crippen LogP contribution is 2.28. The van der Waals surface area contributed by atoms with E-state index in [1.165, 1.54) is 5.56 Å². The summed E-state index contributed by atoms with van der Waals surface area (Å²) in [7, 11) is 0. The number of fused-ring (bicyclic) bond motifs is 1. The van der Waals surface area contributed by atoms with E-state index in [9.17, 15) is 0 Å². The van der Waals surface area contributed by atoms with E-state index >= 15 is 0 Å². The monoisotopic (exact) mass is 328 g/mol. The largest absolute Gasteiger partial charge is 0.494 e. The van der Waals surface area contributed by atoms with E-state index in [2.05, 4.69) is 41.5 Å². The van der Waals surface area contributed by atoms with E-state index in [0.29, 0.717) is 6.61 Å². The second-order valence-electron chi connectivity index (χ2n) is 5.36. The Morgan fingerprint density at radius 2 is 1.78 bits per heavy atom. The second kappa shape index (κ2) is 7.34. The lowest BCUT2D eigenvalue weighted by Crippen LogP contribution is -1.96. The van der Waals surface area contributed by atoms with E-state index in [4.69, 9.17) is 4.74 Å². The van der Waals surface area contributed by atoms with Crippen molar-refractivity contribution in [2.24, 2.45) is 0 Å². The number of nitrogens with zero attached hydrogens (tertiary/aromatic N) is 1. The summed E-state index contributed by atoms with van der Waals surface area (Å²) in [5, 5.41) is 4.63. The van der Waals surface area contributed by atoms with Crippen molar-refractivity contribution in [3.8, 4) is 5.75 Å². The minimum absolute atomic E-state index is 0. The van der Waals surface area contributed by atoms with Crippen molar-refractivity contribution < 1.29 is 4.74 Å². The van der Waals surface area contributed by atoms with Gasteiger partial charge in [0.1, 0.15) is 5.75 Å². The molecule has 0 radical (unpaired) electrons. The second-order valence-corrected chi connectivity index (χ2v) is 5.36. The number of anilines is 2. The number of aryl methyl sites for hydroxylation is 2. The number of ether oxygens (including phenoxy) is 1. The molecule has 0 atom stereocenters. The van der Waals surface area contributed by atoms with Crippen molar-refractivity contribution in [1.82, 2.24) is 4.98 Å². The molecule has 23 heavy (non-hydrogen) atoms. The van der Waals surface area contributed by atoms with Crippen LogP contribution in [0, 0.1) is 13.8 Å². The van der Waals surface area contributed by atoms with Crippen LogP contribution >= 0.6 is 12.4 Å². The Balaban J connectivity index is 0.00000192. The number of pyridine rings is 1. The first-order chi connectivity index (χ1) is 10.7. The standard InChI is InChI=1S/C19H20N2O.ClH/c1-4-22-16-10-8-15(9-11-16)21-18-12-14(3)20-19-13(2)6-5-7-17(18)19;/h5-12H,4H2,1-3H3,(H,20,21);1H. The molecule has 0 unspecified atom stereocenters. The zero-order valence-corrected chi connectivity index (χ0v) is 14.4. The molecule has 120 valence electrons. The maximum absolute atomic E-state index is 5.48. The SMILES string of the molecule is CCOc1ccc(Nc2cc(C)nc3c(C)cccc23)cc1.Cl. The Labute approximate surface area is 143 Å². The molecule has 0 amide bonds. The first-order valence-electron chi connectivity index (χ1n) is 7.54. The van der Waals surface area contributed by atoms with Gasteiger partial charge < -0.3 is 10.1 Å². The van der Waals surface area contributed by atoms with Crippen LogP contribution in [0.1, 0.15) is 18.2 Å². The maximum Gasteiger partial charge on any atom is 0.119 e. The van der Waals surface area contributed by atoms with E-state index in [-0.39, 0.29) is 12.4 Å². The van der Waals surface area contributed by atoms with Crippen LogP contribution in [0.4, 0.5) is 11.4 Å². The molecular weight excluding hydrogens is 308 g/mol. The average molecular weight is 329 g/mol. The lowest BCUT2D eigenvalue weighted by molar-refractivity contribution is 0.340. The Morgan fingerprint density at radius 3 is 2.48 bits per heavy atom. The highest BCUT2D eigenvalue weighted by atomic mass is 35.5. The summed E-state index contributed by atoms with van der Waals surface area (Å²) < 4.78 is 5.48. The Bertz CT molecular complexity index is 800. The van der Waals surface area contributed by atoms with Crippen LogP contribution in [-0.4, -0.2) is 11.6 Å². The van der Waals surface area contributed by atoms with Crippen LogP contribution in [-0.2, 0) is 0 Å². The van der Waals surface area contributed by atoms with Crippen LogP contribution in [0.2, 0.25) is 0 Å². The van der Waals surface area contributed by atoms with Gasteiger partial charge in [0.25, 0.3) is 0 Å². The Morgan fingerprint density at radius 1 is 1.04 bits per heavy atom. The highest BCUT2D eigenvalue weighted by Gasteiger charge is 2.06. The Hall–Kier alpha value is -2.26. The summed E-state index contributed by atoms with van der Waals surface area (Å²) in [6, 6.07) is 16.4. The minimum atomic E-state index is 0. The van der Waals surface area contributed by atoms with Gasteiger partial charge in [0.05, 0.1) is 12.1 Å². The van der Waals surface area contributed by atoms with Gasteiger partial charge in [-0.25, -0.2) is 0 Å². The molecule has 0 spiro atoms. The molecule has 1 heterocycles. The number of para-hydroxylation sites is 1. The fourth-order valence-electron chi connectivity index (χ4n) is 2.58. The van der Waals surface area contributed by atoms with Gasteiger partial charge in [-0.3, -0.25) is 4.98 Å². The quantitative estimate of drug-likeness (QED) is 0.694. The summed E-state index contributed by atoms with van der Waals surface area (Å²) in [5.74, 6) is 0.889. The fraction of sp³-hybridized carbons (Fsp3) is 0.211. The molecule has 2 aromatic carbocycles. The zero-order valence-electron chi connectivity index (χ0n) is 13.6. The third-order valence-electron chi connectivity index (χ3n) is 3.61. The van der Waals surface area contributed by atoms with Crippen molar-refractivity contribution in [2.45, 2.75) is 20.8 Å². The van der Waals surface area contributed by atoms with Gasteiger partial charge in [-0.1, -0.05) is 18.2 Å². The molecule has 0 aliphatic carbocycles. The molecule has 0 saturated heterocycles. The summed E-state index contributed by atoms with van der Waals surface area (Å²) in [6.45, 7) is 6.78. The number of benzene rings is 2. The first-order valence-corrected chi connectivity index (χ1v) is 7.54. The molecule has 0 aliphatic heterocycles. The van der Waals surface area contributed by atoms with Crippen molar-refractivity contribution >= 4 is 34.7 Å². The van der Waals surface area contributed by atoms with E-state index in [1.807, 2.05) is 38.1 Å². The minimum Gasteiger partial charge on any atom is -0.494 e. The molecule has 3 rings (SSSR count).